The number of methoxy groups -OCH3 is 1. The third-order valence-corrected chi connectivity index (χ3v) is 4.57. The van der Waals surface area contributed by atoms with Crippen molar-refractivity contribution >= 4 is 11.8 Å². The predicted octanol–water partition coefficient (Wildman–Crippen LogP) is 2.68. The molecule has 0 heterocycles. The van der Waals surface area contributed by atoms with Crippen LogP contribution >= 0.6 is 11.8 Å². The first kappa shape index (κ1) is 11.8. The lowest BCUT2D eigenvalue weighted by Gasteiger charge is -2.13. The van der Waals surface area contributed by atoms with E-state index in [-0.39, 0.29) is 0 Å². The fourth-order valence-corrected chi connectivity index (χ4v) is 2.57. The molecular formula is C13H19NOS. The van der Waals surface area contributed by atoms with E-state index in [4.69, 9.17) is 4.74 Å². The van der Waals surface area contributed by atoms with Crippen LogP contribution in [0.2, 0.25) is 0 Å². The molecule has 0 spiro atoms. The highest BCUT2D eigenvalue weighted by molar-refractivity contribution is 8.00. The third kappa shape index (κ3) is 2.92. The van der Waals surface area contributed by atoms with Gasteiger partial charge in [-0.05, 0) is 36.8 Å². The maximum absolute atomic E-state index is 5.20. The van der Waals surface area contributed by atoms with Crippen molar-refractivity contribution in [2.75, 3.05) is 19.9 Å². The van der Waals surface area contributed by atoms with E-state index < -0.39 is 0 Å². The SMILES string of the molecule is COc1cccc(CNCC2(SC)CC2)c1. The molecule has 2 nitrogen and oxygen atoms in total. The summed E-state index contributed by atoms with van der Waals surface area (Å²) in [5.74, 6) is 0.935. The van der Waals surface area contributed by atoms with Crippen molar-refractivity contribution in [2.45, 2.75) is 24.1 Å². The number of thioether (sulfide) groups is 1. The van der Waals surface area contributed by atoms with Crippen LogP contribution in [0.3, 0.4) is 0 Å². The molecule has 16 heavy (non-hydrogen) atoms. The standard InChI is InChI=1S/C13H19NOS/c1-15-12-5-3-4-11(8-12)9-14-10-13(16-2)6-7-13/h3-5,8,14H,6-7,9-10H2,1-2H3. The smallest absolute Gasteiger partial charge is 0.119 e. The van der Waals surface area contributed by atoms with Gasteiger partial charge in [0.15, 0.2) is 0 Å². The van der Waals surface area contributed by atoms with E-state index in [2.05, 4.69) is 23.7 Å². The Balaban J connectivity index is 1.80. The van der Waals surface area contributed by atoms with E-state index in [0.717, 1.165) is 18.8 Å². The minimum Gasteiger partial charge on any atom is -0.497 e. The van der Waals surface area contributed by atoms with Gasteiger partial charge < -0.3 is 10.1 Å². The second-order valence-electron chi connectivity index (χ2n) is 4.34. The second kappa shape index (κ2) is 5.11. The Hall–Kier alpha value is -0.670. The van der Waals surface area contributed by atoms with Crippen LogP contribution < -0.4 is 10.1 Å². The molecule has 1 fully saturated rings. The third-order valence-electron chi connectivity index (χ3n) is 3.15. The minimum atomic E-state index is 0.541. The molecule has 1 aromatic rings. The summed E-state index contributed by atoms with van der Waals surface area (Å²) in [6.45, 7) is 2.05. The zero-order valence-electron chi connectivity index (χ0n) is 9.95. The largest absolute Gasteiger partial charge is 0.497 e. The molecule has 0 bridgehead atoms. The highest BCUT2D eigenvalue weighted by Crippen LogP contribution is 2.46. The summed E-state index contributed by atoms with van der Waals surface area (Å²) < 4.78 is 5.74. The average molecular weight is 237 g/mol. The molecule has 0 amide bonds. The minimum absolute atomic E-state index is 0.541. The number of hydrogen-bond donors (Lipinski definition) is 1. The summed E-state index contributed by atoms with van der Waals surface area (Å²) >= 11 is 1.99. The first-order chi connectivity index (χ1) is 7.78. The molecule has 0 unspecified atom stereocenters. The molecule has 0 saturated heterocycles. The maximum atomic E-state index is 5.20. The maximum Gasteiger partial charge on any atom is 0.119 e. The van der Waals surface area contributed by atoms with Crippen molar-refractivity contribution in [3.8, 4) is 5.75 Å². The summed E-state index contributed by atoms with van der Waals surface area (Å²) in [6, 6.07) is 8.24. The van der Waals surface area contributed by atoms with E-state index in [1.807, 2.05) is 23.9 Å². The molecule has 1 N–H and O–H groups in total. The Labute approximate surface area is 102 Å². The van der Waals surface area contributed by atoms with Gasteiger partial charge in [0.05, 0.1) is 7.11 Å². The van der Waals surface area contributed by atoms with Crippen molar-refractivity contribution < 1.29 is 4.74 Å². The van der Waals surface area contributed by atoms with Crippen LogP contribution in [0, 0.1) is 0 Å². The van der Waals surface area contributed by atoms with Crippen molar-refractivity contribution in [1.82, 2.24) is 5.32 Å². The number of rotatable bonds is 6. The van der Waals surface area contributed by atoms with Gasteiger partial charge in [-0.25, -0.2) is 0 Å². The molecule has 3 heteroatoms. The molecule has 1 aliphatic carbocycles. The molecule has 88 valence electrons. The van der Waals surface area contributed by atoms with E-state index in [0.29, 0.717) is 4.75 Å². The number of benzene rings is 1. The van der Waals surface area contributed by atoms with Crippen LogP contribution in [0.4, 0.5) is 0 Å². The molecule has 0 aliphatic heterocycles. The summed E-state index contributed by atoms with van der Waals surface area (Å²) in [6.07, 6.45) is 4.93. The normalized spacial score (nSPS) is 17.1. The van der Waals surface area contributed by atoms with E-state index in [9.17, 15) is 0 Å². The molecule has 2 rings (SSSR count). The average Bonchev–Trinajstić information content (AvgIpc) is 3.10. The Morgan fingerprint density at radius 2 is 2.25 bits per heavy atom. The number of ether oxygens (including phenoxy) is 1. The van der Waals surface area contributed by atoms with E-state index >= 15 is 0 Å². The monoisotopic (exact) mass is 237 g/mol. The van der Waals surface area contributed by atoms with Crippen molar-refractivity contribution in [1.29, 1.82) is 0 Å². The molecule has 1 aromatic carbocycles. The summed E-state index contributed by atoms with van der Waals surface area (Å²) in [5.41, 5.74) is 1.29. The molecule has 1 aliphatic rings. The lowest BCUT2D eigenvalue weighted by molar-refractivity contribution is 0.414. The first-order valence-corrected chi connectivity index (χ1v) is 6.89. The fraction of sp³-hybridized carbons (Fsp3) is 0.538. The van der Waals surface area contributed by atoms with E-state index in [1.165, 1.54) is 18.4 Å². The topological polar surface area (TPSA) is 21.3 Å². The Kier molecular flexibility index (Phi) is 3.77. The lowest BCUT2D eigenvalue weighted by atomic mass is 10.2. The van der Waals surface area contributed by atoms with Crippen LogP contribution in [-0.4, -0.2) is 24.7 Å². The second-order valence-corrected chi connectivity index (χ2v) is 5.62. The fourth-order valence-electron chi connectivity index (χ4n) is 1.81. The highest BCUT2D eigenvalue weighted by Gasteiger charge is 2.41. The zero-order valence-corrected chi connectivity index (χ0v) is 10.8. The van der Waals surface area contributed by atoms with Crippen molar-refractivity contribution in [2.24, 2.45) is 0 Å². The van der Waals surface area contributed by atoms with Gasteiger partial charge in [-0.3, -0.25) is 0 Å². The van der Waals surface area contributed by atoms with Gasteiger partial charge in [-0.15, -0.1) is 0 Å². The van der Waals surface area contributed by atoms with Crippen LogP contribution in [0.25, 0.3) is 0 Å². The molecule has 1 saturated carbocycles. The summed E-state index contributed by atoms with van der Waals surface area (Å²) in [7, 11) is 1.71. The van der Waals surface area contributed by atoms with Crippen LogP contribution in [-0.2, 0) is 6.54 Å². The Morgan fingerprint density at radius 3 is 2.88 bits per heavy atom. The molecule has 0 atom stereocenters. The Bertz CT molecular complexity index is 350. The van der Waals surface area contributed by atoms with Gasteiger partial charge in [0.2, 0.25) is 0 Å². The zero-order chi connectivity index (χ0) is 11.4. The molecular weight excluding hydrogens is 218 g/mol. The van der Waals surface area contributed by atoms with E-state index in [1.54, 1.807) is 7.11 Å². The lowest BCUT2D eigenvalue weighted by Crippen LogP contribution is -2.25. The van der Waals surface area contributed by atoms with Gasteiger partial charge in [0.1, 0.15) is 5.75 Å². The molecule has 0 radical (unpaired) electrons. The molecule has 0 aromatic heterocycles. The van der Waals surface area contributed by atoms with Crippen LogP contribution in [0.15, 0.2) is 24.3 Å². The van der Waals surface area contributed by atoms with Gasteiger partial charge in [-0.1, -0.05) is 12.1 Å². The number of nitrogens with one attached hydrogen (secondary N) is 1. The number of hydrogen-bond acceptors (Lipinski definition) is 3. The Morgan fingerprint density at radius 1 is 1.44 bits per heavy atom. The van der Waals surface area contributed by atoms with Crippen LogP contribution in [0.1, 0.15) is 18.4 Å². The van der Waals surface area contributed by atoms with Gasteiger partial charge in [0, 0.05) is 17.8 Å². The first-order valence-electron chi connectivity index (χ1n) is 5.67. The van der Waals surface area contributed by atoms with Crippen molar-refractivity contribution in [3.63, 3.8) is 0 Å². The predicted molar refractivity (Wildman–Crippen MR) is 70.2 cm³/mol. The highest BCUT2D eigenvalue weighted by atomic mass is 32.2. The van der Waals surface area contributed by atoms with Gasteiger partial charge >= 0.3 is 0 Å². The van der Waals surface area contributed by atoms with Gasteiger partial charge in [0.25, 0.3) is 0 Å². The summed E-state index contributed by atoms with van der Waals surface area (Å²) in [4.78, 5) is 0. The van der Waals surface area contributed by atoms with Crippen molar-refractivity contribution in [3.05, 3.63) is 29.8 Å². The summed E-state index contributed by atoms with van der Waals surface area (Å²) in [5, 5.41) is 3.53. The van der Waals surface area contributed by atoms with Gasteiger partial charge in [-0.2, -0.15) is 11.8 Å². The van der Waals surface area contributed by atoms with Crippen LogP contribution in [0.5, 0.6) is 5.75 Å². The quantitative estimate of drug-likeness (QED) is 0.822.